The molecule has 138 valence electrons. The normalized spacial score (nSPS) is 21.9. The van der Waals surface area contributed by atoms with Crippen LogP contribution in [-0.2, 0) is 18.9 Å². The number of carbonyl (C=O) groups excluding carboxylic acids is 1. The molecule has 1 aliphatic heterocycles. The summed E-state index contributed by atoms with van der Waals surface area (Å²) in [6.07, 6.45) is 7.93. The molecule has 26 heavy (non-hydrogen) atoms. The summed E-state index contributed by atoms with van der Waals surface area (Å²) in [5.74, 6) is 0.835. The van der Waals surface area contributed by atoms with Crippen molar-refractivity contribution >= 4 is 11.9 Å². The highest BCUT2D eigenvalue weighted by Gasteiger charge is 2.45. The van der Waals surface area contributed by atoms with Gasteiger partial charge in [-0.2, -0.15) is 5.10 Å². The van der Waals surface area contributed by atoms with Crippen molar-refractivity contribution < 1.29 is 4.79 Å². The Kier molecular flexibility index (Phi) is 3.97. The number of hydrogen-bond acceptors (Lipinski definition) is 5. The maximum absolute atomic E-state index is 13.1. The lowest BCUT2D eigenvalue weighted by Gasteiger charge is -2.40. The number of fused-ring (bicyclic) bond motifs is 2. The van der Waals surface area contributed by atoms with Gasteiger partial charge in [0.25, 0.3) is 5.91 Å². The molecule has 3 heterocycles. The van der Waals surface area contributed by atoms with Crippen LogP contribution in [0.3, 0.4) is 0 Å². The molecule has 1 saturated heterocycles. The molecule has 0 radical (unpaired) electrons. The Labute approximate surface area is 154 Å². The average Bonchev–Trinajstić information content (AvgIpc) is 3.14. The molecule has 1 spiro atoms. The third kappa shape index (κ3) is 2.66. The van der Waals surface area contributed by atoms with E-state index in [9.17, 15) is 4.79 Å². The molecule has 1 atom stereocenters. The van der Waals surface area contributed by atoms with Crippen LogP contribution in [-0.4, -0.2) is 57.7 Å². The van der Waals surface area contributed by atoms with E-state index in [1.807, 2.05) is 50.3 Å². The van der Waals surface area contributed by atoms with Crippen LogP contribution >= 0.6 is 0 Å². The van der Waals surface area contributed by atoms with Gasteiger partial charge in [0.1, 0.15) is 0 Å². The van der Waals surface area contributed by atoms with Gasteiger partial charge in [0.15, 0.2) is 0 Å². The fourth-order valence-corrected chi connectivity index (χ4v) is 4.43. The van der Waals surface area contributed by atoms with Gasteiger partial charge < -0.3 is 9.80 Å². The summed E-state index contributed by atoms with van der Waals surface area (Å²) in [6, 6.07) is 0. The molecule has 0 saturated carbocycles. The minimum Gasteiger partial charge on any atom is -0.347 e. The third-order valence-electron chi connectivity index (χ3n) is 5.74. The van der Waals surface area contributed by atoms with Crippen LogP contribution in [0.25, 0.3) is 0 Å². The van der Waals surface area contributed by atoms with Crippen LogP contribution in [0.5, 0.6) is 0 Å². The zero-order chi connectivity index (χ0) is 18.5. The van der Waals surface area contributed by atoms with Crippen molar-refractivity contribution in [1.82, 2.24) is 24.6 Å². The molecule has 2 aromatic heterocycles. The van der Waals surface area contributed by atoms with Crippen molar-refractivity contribution in [1.29, 1.82) is 0 Å². The first kappa shape index (κ1) is 17.0. The van der Waals surface area contributed by atoms with Crippen molar-refractivity contribution in [2.24, 2.45) is 7.05 Å². The van der Waals surface area contributed by atoms with Gasteiger partial charge in [0.2, 0.25) is 5.95 Å². The van der Waals surface area contributed by atoms with Gasteiger partial charge in [-0.05, 0) is 38.2 Å². The number of anilines is 1. The Hall–Kier alpha value is -2.44. The largest absolute Gasteiger partial charge is 0.347 e. The highest BCUT2D eigenvalue weighted by Crippen LogP contribution is 2.44. The molecule has 1 aliphatic carbocycles. The molecule has 1 fully saturated rings. The highest BCUT2D eigenvalue weighted by molar-refractivity contribution is 5.95. The van der Waals surface area contributed by atoms with Crippen LogP contribution in [0.2, 0.25) is 0 Å². The number of amides is 1. The zero-order valence-corrected chi connectivity index (χ0v) is 16.0. The van der Waals surface area contributed by atoms with Crippen LogP contribution in [0.15, 0.2) is 12.4 Å². The summed E-state index contributed by atoms with van der Waals surface area (Å²) < 4.78 is 1.71. The molecular weight excluding hydrogens is 328 g/mol. The summed E-state index contributed by atoms with van der Waals surface area (Å²) in [6.45, 7) is 3.43. The quantitative estimate of drug-likeness (QED) is 0.821. The van der Waals surface area contributed by atoms with Crippen LogP contribution < -0.4 is 4.90 Å². The van der Waals surface area contributed by atoms with E-state index in [4.69, 9.17) is 4.98 Å². The molecular formula is C19H26N6O. The Balaban J connectivity index is 1.65. The predicted octanol–water partition coefficient (Wildman–Crippen LogP) is 1.70. The van der Waals surface area contributed by atoms with Gasteiger partial charge in [-0.1, -0.05) is 0 Å². The average molecular weight is 354 g/mol. The second-order valence-corrected chi connectivity index (χ2v) is 7.85. The van der Waals surface area contributed by atoms with Crippen LogP contribution in [0.4, 0.5) is 5.95 Å². The highest BCUT2D eigenvalue weighted by atomic mass is 16.2. The maximum Gasteiger partial charge on any atom is 0.257 e. The third-order valence-corrected chi connectivity index (χ3v) is 5.74. The first-order chi connectivity index (χ1) is 12.4. The Morgan fingerprint density at radius 1 is 1.31 bits per heavy atom. The van der Waals surface area contributed by atoms with Gasteiger partial charge in [-0.3, -0.25) is 9.48 Å². The van der Waals surface area contributed by atoms with Gasteiger partial charge in [0.05, 0.1) is 17.0 Å². The molecule has 4 rings (SSSR count). The standard InChI is InChI=1S/C19H26N6O/c1-13-15(11-24(4)22-13)17(26)25-9-5-7-19(12-25)8-6-14-10-20-18(23(2)3)21-16(14)19/h10-11H,5-9,12H2,1-4H3. The lowest BCUT2D eigenvalue weighted by molar-refractivity contribution is 0.0632. The van der Waals surface area contributed by atoms with Crippen molar-refractivity contribution in [3.05, 3.63) is 34.9 Å². The SMILES string of the molecule is Cc1nn(C)cc1C(=O)N1CCCC2(CCc3cnc(N(C)C)nc32)C1. The van der Waals surface area contributed by atoms with E-state index in [0.717, 1.165) is 56.1 Å². The number of aryl methyl sites for hydroxylation is 3. The number of piperidine rings is 1. The Bertz CT molecular complexity index is 854. The fourth-order valence-electron chi connectivity index (χ4n) is 4.43. The topological polar surface area (TPSA) is 67.2 Å². The monoisotopic (exact) mass is 354 g/mol. The van der Waals surface area contributed by atoms with Crippen molar-refractivity contribution in [3.63, 3.8) is 0 Å². The molecule has 7 nitrogen and oxygen atoms in total. The number of aromatic nitrogens is 4. The molecule has 2 aliphatic rings. The summed E-state index contributed by atoms with van der Waals surface area (Å²) in [4.78, 5) is 26.4. The summed E-state index contributed by atoms with van der Waals surface area (Å²) in [5, 5.41) is 4.33. The number of rotatable bonds is 2. The molecule has 1 unspecified atom stereocenters. The molecule has 0 N–H and O–H groups in total. The second kappa shape index (κ2) is 6.07. The molecule has 7 heteroatoms. The molecule has 1 amide bonds. The second-order valence-electron chi connectivity index (χ2n) is 7.85. The van der Waals surface area contributed by atoms with Gasteiger partial charge in [-0.15, -0.1) is 0 Å². The fraction of sp³-hybridized carbons (Fsp3) is 0.579. The lowest BCUT2D eigenvalue weighted by Crippen LogP contribution is -2.48. The Morgan fingerprint density at radius 3 is 2.81 bits per heavy atom. The van der Waals surface area contributed by atoms with Crippen LogP contribution in [0, 0.1) is 6.92 Å². The Morgan fingerprint density at radius 2 is 2.12 bits per heavy atom. The first-order valence-corrected chi connectivity index (χ1v) is 9.23. The van der Waals surface area contributed by atoms with E-state index in [-0.39, 0.29) is 11.3 Å². The summed E-state index contributed by atoms with van der Waals surface area (Å²) in [7, 11) is 5.78. The van der Waals surface area contributed by atoms with E-state index in [1.165, 1.54) is 5.56 Å². The molecule has 0 aromatic carbocycles. The first-order valence-electron chi connectivity index (χ1n) is 9.23. The summed E-state index contributed by atoms with van der Waals surface area (Å²) >= 11 is 0. The number of hydrogen-bond donors (Lipinski definition) is 0. The number of nitrogens with zero attached hydrogens (tertiary/aromatic N) is 6. The van der Waals surface area contributed by atoms with Crippen molar-refractivity contribution in [2.75, 3.05) is 32.1 Å². The van der Waals surface area contributed by atoms with E-state index in [0.29, 0.717) is 5.56 Å². The van der Waals surface area contributed by atoms with Crippen LogP contribution in [0.1, 0.15) is 46.6 Å². The van der Waals surface area contributed by atoms with Crippen molar-refractivity contribution in [3.8, 4) is 0 Å². The molecule has 0 bridgehead atoms. The lowest BCUT2D eigenvalue weighted by atomic mass is 9.77. The maximum atomic E-state index is 13.1. The minimum atomic E-state index is -0.0347. The minimum absolute atomic E-state index is 0.0347. The number of likely N-dealkylation sites (tertiary alicyclic amines) is 1. The number of carbonyl (C=O) groups is 1. The van der Waals surface area contributed by atoms with Gasteiger partial charge in [-0.25, -0.2) is 9.97 Å². The van der Waals surface area contributed by atoms with E-state index in [1.54, 1.807) is 4.68 Å². The van der Waals surface area contributed by atoms with Gasteiger partial charge in [0, 0.05) is 52.0 Å². The predicted molar refractivity (Wildman–Crippen MR) is 99.4 cm³/mol. The summed E-state index contributed by atoms with van der Waals surface area (Å²) in [5.41, 5.74) is 3.85. The molecule has 2 aromatic rings. The van der Waals surface area contributed by atoms with E-state index >= 15 is 0 Å². The van der Waals surface area contributed by atoms with E-state index < -0.39 is 0 Å². The van der Waals surface area contributed by atoms with Crippen molar-refractivity contribution in [2.45, 2.75) is 38.0 Å². The van der Waals surface area contributed by atoms with E-state index in [2.05, 4.69) is 10.1 Å². The zero-order valence-electron chi connectivity index (χ0n) is 16.0. The van der Waals surface area contributed by atoms with Gasteiger partial charge >= 0.3 is 0 Å². The smallest absolute Gasteiger partial charge is 0.257 e.